The van der Waals surface area contributed by atoms with Crippen LogP contribution in [-0.4, -0.2) is 22.2 Å². The minimum atomic E-state index is -5.09. The van der Waals surface area contributed by atoms with Crippen molar-refractivity contribution in [1.82, 2.24) is 0 Å². The molecule has 0 atom stereocenters. The van der Waals surface area contributed by atoms with Crippen molar-refractivity contribution in [2.45, 2.75) is 18.4 Å². The molecule has 2 N–H and O–H groups in total. The van der Waals surface area contributed by atoms with Crippen LogP contribution in [0.15, 0.2) is 24.3 Å². The molecule has 84 valence electrons. The Kier molecular flexibility index (Phi) is 3.28. The van der Waals surface area contributed by atoms with Crippen LogP contribution in [0.4, 0.5) is 13.2 Å². The summed E-state index contributed by atoms with van der Waals surface area (Å²) in [4.78, 5) is 0. The second kappa shape index (κ2) is 4.00. The highest BCUT2D eigenvalue weighted by atomic mass is 35.5. The second-order valence-corrected chi connectivity index (χ2v) is 3.56. The Hall–Kier alpha value is -0.780. The highest BCUT2D eigenvalue weighted by Gasteiger charge is 2.52. The molecule has 1 rings (SSSR count). The van der Waals surface area contributed by atoms with Crippen molar-refractivity contribution in [3.05, 3.63) is 34.9 Å². The van der Waals surface area contributed by atoms with Crippen LogP contribution < -0.4 is 0 Å². The summed E-state index contributed by atoms with van der Waals surface area (Å²) in [6.45, 7) is 0. The summed E-state index contributed by atoms with van der Waals surface area (Å²) in [5.41, 5.74) is 0.102. The van der Waals surface area contributed by atoms with E-state index in [4.69, 9.17) is 21.8 Å². The molecule has 1 aromatic carbocycles. The summed E-state index contributed by atoms with van der Waals surface area (Å²) in [6.07, 6.45) is -6.04. The number of halogens is 4. The molecule has 0 aliphatic rings. The fourth-order valence-electron chi connectivity index (χ4n) is 1.03. The van der Waals surface area contributed by atoms with Crippen molar-refractivity contribution in [1.29, 1.82) is 0 Å². The topological polar surface area (TPSA) is 40.5 Å². The monoisotopic (exact) mass is 240 g/mol. The van der Waals surface area contributed by atoms with E-state index in [9.17, 15) is 13.2 Å². The van der Waals surface area contributed by atoms with Gasteiger partial charge < -0.3 is 10.2 Å². The normalized spacial score (nSPS) is 12.9. The molecule has 0 spiro atoms. The largest absolute Gasteiger partial charge is 0.443 e. The van der Waals surface area contributed by atoms with Crippen LogP contribution in [0.2, 0.25) is 5.02 Å². The Bertz CT molecular complexity index is 349. The minimum Gasteiger partial charge on any atom is -0.358 e. The molecule has 0 aliphatic heterocycles. The molecule has 15 heavy (non-hydrogen) atoms. The Morgan fingerprint density at radius 3 is 2.27 bits per heavy atom. The average molecular weight is 241 g/mol. The zero-order chi connectivity index (χ0) is 11.7. The van der Waals surface area contributed by atoms with Gasteiger partial charge in [-0.05, 0) is 17.7 Å². The molecule has 1 aromatic rings. The Morgan fingerprint density at radius 2 is 1.80 bits per heavy atom. The lowest BCUT2D eigenvalue weighted by Gasteiger charge is -2.24. The molecule has 0 bridgehead atoms. The molecule has 2 nitrogen and oxygen atoms in total. The highest BCUT2D eigenvalue weighted by molar-refractivity contribution is 6.30. The summed E-state index contributed by atoms with van der Waals surface area (Å²) in [7, 11) is 0. The van der Waals surface area contributed by atoms with Gasteiger partial charge in [-0.15, -0.1) is 0 Å². The van der Waals surface area contributed by atoms with Crippen molar-refractivity contribution in [2.24, 2.45) is 0 Å². The maximum absolute atomic E-state index is 12.1. The van der Waals surface area contributed by atoms with Crippen LogP contribution in [0.3, 0.4) is 0 Å². The molecule has 0 saturated heterocycles. The lowest BCUT2D eigenvalue weighted by molar-refractivity contribution is -0.347. The first kappa shape index (κ1) is 12.3. The van der Waals surface area contributed by atoms with Crippen molar-refractivity contribution in [2.75, 3.05) is 0 Å². The smallest absolute Gasteiger partial charge is 0.358 e. The number of hydrogen-bond donors (Lipinski definition) is 2. The zero-order valence-corrected chi connectivity index (χ0v) is 8.18. The summed E-state index contributed by atoms with van der Waals surface area (Å²) in [5, 5.41) is 17.8. The Morgan fingerprint density at radius 1 is 1.20 bits per heavy atom. The van der Waals surface area contributed by atoms with Gasteiger partial charge in [0.1, 0.15) is 0 Å². The molecule has 0 aliphatic carbocycles. The van der Waals surface area contributed by atoms with Gasteiger partial charge in [-0.1, -0.05) is 23.7 Å². The van der Waals surface area contributed by atoms with Gasteiger partial charge in [0, 0.05) is 11.4 Å². The van der Waals surface area contributed by atoms with E-state index in [1.165, 1.54) is 24.3 Å². The predicted octanol–water partition coefficient (Wildman–Crippen LogP) is 2.13. The lowest BCUT2D eigenvalue weighted by Crippen LogP contribution is -2.46. The summed E-state index contributed by atoms with van der Waals surface area (Å²) in [6, 6.07) is 5.49. The van der Waals surface area contributed by atoms with Crippen molar-refractivity contribution in [3.8, 4) is 0 Å². The summed E-state index contributed by atoms with van der Waals surface area (Å²) < 4.78 is 36.3. The van der Waals surface area contributed by atoms with E-state index >= 15 is 0 Å². The Labute approximate surface area is 88.9 Å². The number of benzene rings is 1. The van der Waals surface area contributed by atoms with Gasteiger partial charge in [-0.25, -0.2) is 0 Å². The van der Waals surface area contributed by atoms with Crippen molar-refractivity contribution >= 4 is 11.6 Å². The van der Waals surface area contributed by atoms with E-state index < -0.39 is 18.4 Å². The van der Waals surface area contributed by atoms with Gasteiger partial charge >= 0.3 is 6.18 Å². The quantitative estimate of drug-likeness (QED) is 0.778. The van der Waals surface area contributed by atoms with Gasteiger partial charge in [-0.2, -0.15) is 13.2 Å². The Balaban J connectivity index is 2.87. The van der Waals surface area contributed by atoms with E-state index in [-0.39, 0.29) is 10.6 Å². The van der Waals surface area contributed by atoms with E-state index in [1.807, 2.05) is 0 Å². The molecule has 0 amide bonds. The standard InChI is InChI=1S/C9H8ClF3O2/c10-7-3-1-2-6(4-7)5-8(14,15)9(11,12)13/h1-4,14-15H,5H2. The van der Waals surface area contributed by atoms with Gasteiger partial charge in [-0.3, -0.25) is 0 Å². The molecular formula is C9H8ClF3O2. The van der Waals surface area contributed by atoms with E-state index in [1.54, 1.807) is 0 Å². The van der Waals surface area contributed by atoms with Gasteiger partial charge in [0.2, 0.25) is 0 Å². The molecule has 0 heterocycles. The fraction of sp³-hybridized carbons (Fsp3) is 0.333. The molecule has 0 radical (unpaired) electrons. The molecule has 0 aromatic heterocycles. The van der Waals surface area contributed by atoms with Crippen LogP contribution in [0.1, 0.15) is 5.56 Å². The zero-order valence-electron chi connectivity index (χ0n) is 7.42. The maximum Gasteiger partial charge on any atom is 0.443 e. The van der Waals surface area contributed by atoms with Gasteiger partial charge in [0.15, 0.2) is 0 Å². The van der Waals surface area contributed by atoms with Crippen LogP contribution in [-0.2, 0) is 6.42 Å². The van der Waals surface area contributed by atoms with Crippen molar-refractivity contribution < 1.29 is 23.4 Å². The number of alkyl halides is 3. The predicted molar refractivity (Wildman–Crippen MR) is 48.4 cm³/mol. The number of aliphatic hydroxyl groups is 2. The number of hydrogen-bond acceptors (Lipinski definition) is 2. The molecule has 6 heteroatoms. The fourth-order valence-corrected chi connectivity index (χ4v) is 1.24. The highest BCUT2D eigenvalue weighted by Crippen LogP contribution is 2.31. The van der Waals surface area contributed by atoms with E-state index in [2.05, 4.69) is 0 Å². The second-order valence-electron chi connectivity index (χ2n) is 3.12. The first-order valence-electron chi connectivity index (χ1n) is 3.98. The van der Waals surface area contributed by atoms with Gasteiger partial charge in [0.05, 0.1) is 0 Å². The summed E-state index contributed by atoms with van der Waals surface area (Å²) >= 11 is 5.54. The third-order valence-corrected chi connectivity index (χ3v) is 2.03. The van der Waals surface area contributed by atoms with Crippen LogP contribution in [0.25, 0.3) is 0 Å². The molecule has 0 fully saturated rings. The first-order valence-corrected chi connectivity index (χ1v) is 4.36. The SMILES string of the molecule is OC(O)(Cc1cccc(Cl)c1)C(F)(F)F. The maximum atomic E-state index is 12.1. The van der Waals surface area contributed by atoms with Crippen LogP contribution in [0, 0.1) is 0 Å². The first-order chi connectivity index (χ1) is 6.72. The minimum absolute atomic E-state index is 0.102. The number of rotatable bonds is 2. The van der Waals surface area contributed by atoms with Crippen LogP contribution in [0.5, 0.6) is 0 Å². The third kappa shape index (κ3) is 3.09. The van der Waals surface area contributed by atoms with E-state index in [0.29, 0.717) is 0 Å². The van der Waals surface area contributed by atoms with E-state index in [0.717, 1.165) is 0 Å². The summed E-state index contributed by atoms with van der Waals surface area (Å²) in [5.74, 6) is -3.72. The van der Waals surface area contributed by atoms with Crippen molar-refractivity contribution in [3.63, 3.8) is 0 Å². The third-order valence-electron chi connectivity index (χ3n) is 1.79. The molecule has 0 saturated carbocycles. The molecule has 0 unspecified atom stereocenters. The molecular weight excluding hydrogens is 233 g/mol. The average Bonchev–Trinajstić information content (AvgIpc) is 2.00. The van der Waals surface area contributed by atoms with Gasteiger partial charge in [0.25, 0.3) is 5.79 Å². The lowest BCUT2D eigenvalue weighted by atomic mass is 10.1. The van der Waals surface area contributed by atoms with Crippen LogP contribution >= 0.6 is 11.6 Å².